The third kappa shape index (κ3) is 4.18. The first-order valence-electron chi connectivity index (χ1n) is 8.12. The summed E-state index contributed by atoms with van der Waals surface area (Å²) in [5, 5.41) is 4.51. The van der Waals surface area contributed by atoms with Crippen molar-refractivity contribution in [3.05, 3.63) is 83.2 Å². The third-order valence-electron chi connectivity index (χ3n) is 3.81. The Balaban J connectivity index is 1.79. The number of carbonyl (C=O) groups excluding carboxylic acids is 1. The fourth-order valence-corrected chi connectivity index (χ4v) is 2.67. The van der Waals surface area contributed by atoms with E-state index in [4.69, 9.17) is 16.1 Å². The molecule has 5 nitrogen and oxygen atoms in total. The van der Waals surface area contributed by atoms with Crippen LogP contribution in [0.1, 0.15) is 21.8 Å². The van der Waals surface area contributed by atoms with Crippen LogP contribution in [0, 0.1) is 6.92 Å². The highest BCUT2D eigenvalue weighted by atomic mass is 35.5. The molecule has 2 aromatic carbocycles. The minimum absolute atomic E-state index is 0.178. The second-order valence-electron chi connectivity index (χ2n) is 5.86. The topological polar surface area (TPSA) is 59.2 Å². The number of hydrogen-bond acceptors (Lipinski definition) is 4. The molecule has 0 unspecified atom stereocenters. The molecule has 0 atom stereocenters. The normalized spacial score (nSPS) is 10.5. The van der Waals surface area contributed by atoms with Gasteiger partial charge in [0.1, 0.15) is 6.54 Å². The van der Waals surface area contributed by atoms with Gasteiger partial charge >= 0.3 is 0 Å². The quantitative estimate of drug-likeness (QED) is 0.601. The summed E-state index contributed by atoms with van der Waals surface area (Å²) in [5.74, 6) is 0.675. The number of carbonyl (C=O) groups is 1. The molecule has 6 heteroatoms. The molecule has 0 spiro atoms. The molecule has 1 aromatic heterocycles. The smallest absolute Gasteiger partial charge is 0.254 e. The van der Waals surface area contributed by atoms with Crippen LogP contribution < -0.4 is 0 Å². The first-order chi connectivity index (χ1) is 12.6. The Morgan fingerprint density at radius 2 is 2.04 bits per heavy atom. The molecule has 1 amide bonds. The first-order valence-corrected chi connectivity index (χ1v) is 8.50. The average Bonchev–Trinajstić information content (AvgIpc) is 3.10. The summed E-state index contributed by atoms with van der Waals surface area (Å²) in [6.07, 6.45) is 1.65. The highest BCUT2D eigenvalue weighted by molar-refractivity contribution is 6.30. The fraction of sp³-hybridized carbons (Fsp3) is 0.150. The van der Waals surface area contributed by atoms with Crippen LogP contribution in [0.4, 0.5) is 0 Å². The van der Waals surface area contributed by atoms with Crippen LogP contribution in [0.15, 0.2) is 65.7 Å². The minimum Gasteiger partial charge on any atom is -0.337 e. The Hall–Kier alpha value is -2.92. The van der Waals surface area contributed by atoms with Crippen molar-refractivity contribution in [1.29, 1.82) is 0 Å². The maximum absolute atomic E-state index is 12.7. The molecule has 0 bridgehead atoms. The molecule has 0 saturated heterocycles. The summed E-state index contributed by atoms with van der Waals surface area (Å²) >= 11 is 5.98. The summed E-state index contributed by atoms with van der Waals surface area (Å²) in [4.78, 5) is 18.7. The second-order valence-corrected chi connectivity index (χ2v) is 6.30. The summed E-state index contributed by atoms with van der Waals surface area (Å²) in [6.45, 7) is 6.27. The SMILES string of the molecule is C=CCN(Cc1nc(-c2ccc(C)cc2)no1)C(=O)c1cccc(Cl)c1. The Morgan fingerprint density at radius 3 is 2.73 bits per heavy atom. The van der Waals surface area contributed by atoms with E-state index in [0.717, 1.165) is 11.1 Å². The zero-order valence-corrected chi connectivity index (χ0v) is 15.1. The summed E-state index contributed by atoms with van der Waals surface area (Å²) in [5.41, 5.74) is 2.52. The Labute approximate surface area is 156 Å². The standard InChI is InChI=1S/C20H18ClN3O2/c1-3-11-24(20(25)16-5-4-6-17(21)12-16)13-18-22-19(23-26-18)15-9-7-14(2)8-10-15/h3-10,12H,1,11,13H2,2H3. The van der Waals surface area contributed by atoms with Gasteiger partial charge in [-0.05, 0) is 25.1 Å². The van der Waals surface area contributed by atoms with E-state index in [2.05, 4.69) is 16.7 Å². The number of nitrogens with zero attached hydrogens (tertiary/aromatic N) is 3. The lowest BCUT2D eigenvalue weighted by Crippen LogP contribution is -2.30. The zero-order chi connectivity index (χ0) is 18.5. The zero-order valence-electron chi connectivity index (χ0n) is 14.4. The third-order valence-corrected chi connectivity index (χ3v) is 4.05. The van der Waals surface area contributed by atoms with Gasteiger partial charge in [-0.15, -0.1) is 6.58 Å². The molecule has 1 heterocycles. The molecule has 0 aliphatic rings. The van der Waals surface area contributed by atoms with E-state index in [1.165, 1.54) is 0 Å². The van der Waals surface area contributed by atoms with Crippen LogP contribution in [0.25, 0.3) is 11.4 Å². The van der Waals surface area contributed by atoms with Crippen LogP contribution in [-0.4, -0.2) is 27.5 Å². The highest BCUT2D eigenvalue weighted by Gasteiger charge is 2.19. The lowest BCUT2D eigenvalue weighted by molar-refractivity contribution is 0.0745. The van der Waals surface area contributed by atoms with E-state index in [0.29, 0.717) is 28.8 Å². The maximum Gasteiger partial charge on any atom is 0.254 e. The number of rotatable bonds is 6. The largest absolute Gasteiger partial charge is 0.337 e. The molecule has 0 fully saturated rings. The number of amides is 1. The molecule has 0 saturated carbocycles. The van der Waals surface area contributed by atoms with Crippen LogP contribution in [0.2, 0.25) is 5.02 Å². The molecular weight excluding hydrogens is 350 g/mol. The van der Waals surface area contributed by atoms with Crippen molar-refractivity contribution in [3.8, 4) is 11.4 Å². The first kappa shape index (κ1) is 17.9. The summed E-state index contributed by atoms with van der Waals surface area (Å²) in [7, 11) is 0. The van der Waals surface area contributed by atoms with Crippen molar-refractivity contribution in [1.82, 2.24) is 15.0 Å². The van der Waals surface area contributed by atoms with E-state index in [1.54, 1.807) is 35.2 Å². The van der Waals surface area contributed by atoms with E-state index in [9.17, 15) is 4.79 Å². The highest BCUT2D eigenvalue weighted by Crippen LogP contribution is 2.18. The Bertz CT molecular complexity index is 919. The number of halogens is 1. The predicted molar refractivity (Wildman–Crippen MR) is 101 cm³/mol. The fourth-order valence-electron chi connectivity index (χ4n) is 2.48. The van der Waals surface area contributed by atoms with Gasteiger partial charge in [-0.3, -0.25) is 4.79 Å². The second kappa shape index (κ2) is 7.97. The van der Waals surface area contributed by atoms with Gasteiger partial charge in [0, 0.05) is 22.7 Å². The monoisotopic (exact) mass is 367 g/mol. The number of aryl methyl sites for hydroxylation is 1. The lowest BCUT2D eigenvalue weighted by Gasteiger charge is -2.19. The minimum atomic E-state index is -0.178. The van der Waals surface area contributed by atoms with Crippen molar-refractivity contribution in [2.45, 2.75) is 13.5 Å². The molecule has 26 heavy (non-hydrogen) atoms. The Morgan fingerprint density at radius 1 is 1.27 bits per heavy atom. The summed E-state index contributed by atoms with van der Waals surface area (Å²) in [6, 6.07) is 14.6. The Kier molecular flexibility index (Phi) is 5.49. The van der Waals surface area contributed by atoms with Crippen LogP contribution in [-0.2, 0) is 6.54 Å². The van der Waals surface area contributed by atoms with Crippen LogP contribution in [0.3, 0.4) is 0 Å². The number of benzene rings is 2. The molecule has 0 aliphatic heterocycles. The van der Waals surface area contributed by atoms with E-state index in [1.807, 2.05) is 31.2 Å². The van der Waals surface area contributed by atoms with Gasteiger partial charge in [-0.25, -0.2) is 0 Å². The van der Waals surface area contributed by atoms with E-state index < -0.39 is 0 Å². The van der Waals surface area contributed by atoms with Crippen molar-refractivity contribution in [2.75, 3.05) is 6.54 Å². The van der Waals surface area contributed by atoms with Crippen molar-refractivity contribution in [3.63, 3.8) is 0 Å². The van der Waals surface area contributed by atoms with E-state index >= 15 is 0 Å². The van der Waals surface area contributed by atoms with Gasteiger partial charge in [0.05, 0.1) is 0 Å². The predicted octanol–water partition coefficient (Wildman–Crippen LogP) is 4.53. The molecular formula is C20H18ClN3O2. The maximum atomic E-state index is 12.7. The van der Waals surface area contributed by atoms with Gasteiger partial charge in [0.2, 0.25) is 11.7 Å². The van der Waals surface area contributed by atoms with Gasteiger partial charge in [-0.1, -0.05) is 58.7 Å². The number of aromatic nitrogens is 2. The van der Waals surface area contributed by atoms with Gasteiger partial charge in [0.15, 0.2) is 0 Å². The van der Waals surface area contributed by atoms with Crippen LogP contribution in [0.5, 0.6) is 0 Å². The molecule has 3 aromatic rings. The van der Waals surface area contributed by atoms with Crippen molar-refractivity contribution < 1.29 is 9.32 Å². The van der Waals surface area contributed by atoms with Crippen molar-refractivity contribution in [2.24, 2.45) is 0 Å². The van der Waals surface area contributed by atoms with Crippen molar-refractivity contribution >= 4 is 17.5 Å². The van der Waals surface area contributed by atoms with Gasteiger partial charge in [-0.2, -0.15) is 4.98 Å². The van der Waals surface area contributed by atoms with Gasteiger partial charge in [0.25, 0.3) is 5.91 Å². The lowest BCUT2D eigenvalue weighted by atomic mass is 10.1. The molecule has 0 radical (unpaired) electrons. The molecule has 132 valence electrons. The van der Waals surface area contributed by atoms with E-state index in [-0.39, 0.29) is 12.5 Å². The number of hydrogen-bond donors (Lipinski definition) is 0. The molecule has 0 N–H and O–H groups in total. The van der Waals surface area contributed by atoms with Crippen LogP contribution >= 0.6 is 11.6 Å². The average molecular weight is 368 g/mol. The molecule has 3 rings (SSSR count). The summed E-state index contributed by atoms with van der Waals surface area (Å²) < 4.78 is 5.32. The van der Waals surface area contributed by atoms with Gasteiger partial charge < -0.3 is 9.42 Å². The molecule has 0 aliphatic carbocycles.